The minimum Gasteiger partial charge on any atom is -0.480 e. The van der Waals surface area contributed by atoms with Gasteiger partial charge in [-0.2, -0.15) is 0 Å². The van der Waals surface area contributed by atoms with Crippen LogP contribution in [0.25, 0.3) is 0 Å². The third-order valence-electron chi connectivity index (χ3n) is 2.46. The Balaban J connectivity index is 2.78. The lowest BCUT2D eigenvalue weighted by molar-refractivity contribution is -0.140. The SMILES string of the molecule is CC(C)[C@H](NC(=O)Nc1cc(F)c(F)c(F)c1)C(=O)O. The lowest BCUT2D eigenvalue weighted by Crippen LogP contribution is -2.46. The molecule has 0 spiro atoms. The molecule has 0 aliphatic rings. The average Bonchev–Trinajstić information content (AvgIpc) is 2.32. The molecular formula is C12H13F3N2O3. The van der Waals surface area contributed by atoms with E-state index in [-0.39, 0.29) is 11.6 Å². The zero-order valence-corrected chi connectivity index (χ0v) is 10.7. The summed E-state index contributed by atoms with van der Waals surface area (Å²) in [6, 6.07) is -0.951. The number of halogens is 3. The van der Waals surface area contributed by atoms with Gasteiger partial charge in [0.2, 0.25) is 0 Å². The number of carboxylic acids is 1. The van der Waals surface area contributed by atoms with Crippen LogP contribution in [0.4, 0.5) is 23.7 Å². The van der Waals surface area contributed by atoms with Crippen molar-refractivity contribution >= 4 is 17.7 Å². The number of urea groups is 1. The minimum atomic E-state index is -1.65. The number of aliphatic carboxylic acids is 1. The Hall–Kier alpha value is -2.25. The third-order valence-corrected chi connectivity index (χ3v) is 2.46. The van der Waals surface area contributed by atoms with Gasteiger partial charge in [0.15, 0.2) is 17.5 Å². The zero-order valence-electron chi connectivity index (χ0n) is 10.7. The highest BCUT2D eigenvalue weighted by molar-refractivity contribution is 5.92. The largest absolute Gasteiger partial charge is 0.480 e. The fourth-order valence-corrected chi connectivity index (χ4v) is 1.45. The van der Waals surface area contributed by atoms with Gasteiger partial charge in [0.05, 0.1) is 0 Å². The number of carbonyl (C=O) groups excluding carboxylic acids is 1. The molecule has 8 heteroatoms. The molecule has 0 saturated carbocycles. The fourth-order valence-electron chi connectivity index (χ4n) is 1.45. The number of carboxylic acid groups (broad SMARTS) is 1. The van der Waals surface area contributed by atoms with E-state index in [4.69, 9.17) is 5.11 Å². The van der Waals surface area contributed by atoms with Gasteiger partial charge in [-0.05, 0) is 5.92 Å². The summed E-state index contributed by atoms with van der Waals surface area (Å²) >= 11 is 0. The van der Waals surface area contributed by atoms with Gasteiger partial charge < -0.3 is 15.7 Å². The van der Waals surface area contributed by atoms with Crippen LogP contribution in [-0.4, -0.2) is 23.1 Å². The average molecular weight is 290 g/mol. The van der Waals surface area contributed by atoms with Gasteiger partial charge in [0.25, 0.3) is 0 Å². The first kappa shape index (κ1) is 15.8. The van der Waals surface area contributed by atoms with Crippen molar-refractivity contribution in [2.45, 2.75) is 19.9 Å². The Labute approximate surface area is 112 Å². The first-order chi connectivity index (χ1) is 9.22. The number of hydrogen-bond acceptors (Lipinski definition) is 2. The van der Waals surface area contributed by atoms with E-state index >= 15 is 0 Å². The fraction of sp³-hybridized carbons (Fsp3) is 0.333. The van der Waals surface area contributed by atoms with E-state index in [1.807, 2.05) is 5.32 Å². The highest BCUT2D eigenvalue weighted by atomic mass is 19.2. The number of carbonyl (C=O) groups is 2. The van der Waals surface area contributed by atoms with E-state index in [9.17, 15) is 22.8 Å². The Morgan fingerprint density at radius 3 is 2.05 bits per heavy atom. The van der Waals surface area contributed by atoms with Crippen LogP contribution in [0.15, 0.2) is 12.1 Å². The van der Waals surface area contributed by atoms with Crippen LogP contribution < -0.4 is 10.6 Å². The van der Waals surface area contributed by atoms with Crippen LogP contribution >= 0.6 is 0 Å². The predicted molar refractivity (Wildman–Crippen MR) is 64.7 cm³/mol. The smallest absolute Gasteiger partial charge is 0.326 e. The van der Waals surface area contributed by atoms with Gasteiger partial charge in [-0.15, -0.1) is 0 Å². The van der Waals surface area contributed by atoms with Gasteiger partial charge in [0, 0.05) is 17.8 Å². The molecule has 0 heterocycles. The van der Waals surface area contributed by atoms with E-state index in [0.717, 1.165) is 0 Å². The minimum absolute atomic E-state index is 0.327. The predicted octanol–water partition coefficient (Wildman–Crippen LogP) is 2.33. The Morgan fingerprint density at radius 2 is 1.65 bits per heavy atom. The van der Waals surface area contributed by atoms with E-state index in [0.29, 0.717) is 12.1 Å². The van der Waals surface area contributed by atoms with Crippen molar-refractivity contribution in [1.82, 2.24) is 5.32 Å². The number of nitrogens with one attached hydrogen (secondary N) is 2. The highest BCUT2D eigenvalue weighted by Gasteiger charge is 2.23. The summed E-state index contributed by atoms with van der Waals surface area (Å²) in [6.07, 6.45) is 0. The number of amides is 2. The molecule has 0 aliphatic heterocycles. The Kier molecular flexibility index (Phi) is 4.95. The first-order valence-corrected chi connectivity index (χ1v) is 5.67. The van der Waals surface area contributed by atoms with Crippen LogP contribution in [0, 0.1) is 23.4 Å². The Morgan fingerprint density at radius 1 is 1.15 bits per heavy atom. The van der Waals surface area contributed by atoms with Gasteiger partial charge in [-0.25, -0.2) is 22.8 Å². The number of rotatable bonds is 4. The summed E-state index contributed by atoms with van der Waals surface area (Å²) in [5, 5.41) is 13.0. The highest BCUT2D eigenvalue weighted by Crippen LogP contribution is 2.17. The van der Waals surface area contributed by atoms with Crippen LogP contribution in [0.2, 0.25) is 0 Å². The maximum Gasteiger partial charge on any atom is 0.326 e. The van der Waals surface area contributed by atoms with E-state index < -0.39 is 35.5 Å². The molecule has 0 saturated heterocycles. The van der Waals surface area contributed by atoms with Crippen LogP contribution in [-0.2, 0) is 4.79 Å². The van der Waals surface area contributed by atoms with Crippen molar-refractivity contribution in [2.24, 2.45) is 5.92 Å². The van der Waals surface area contributed by atoms with Gasteiger partial charge in [-0.1, -0.05) is 13.8 Å². The lowest BCUT2D eigenvalue weighted by Gasteiger charge is -2.18. The standard InChI is InChI=1S/C12H13F3N2O3/c1-5(2)10(11(18)19)17-12(20)16-6-3-7(13)9(15)8(14)4-6/h3-5,10H,1-2H3,(H,18,19)(H2,16,17,20)/t10-/m0/s1. The first-order valence-electron chi connectivity index (χ1n) is 5.67. The molecule has 20 heavy (non-hydrogen) atoms. The summed E-state index contributed by atoms with van der Waals surface area (Å²) in [7, 11) is 0. The molecule has 110 valence electrons. The molecule has 2 amide bonds. The number of benzene rings is 1. The maximum absolute atomic E-state index is 12.9. The lowest BCUT2D eigenvalue weighted by atomic mass is 10.1. The summed E-state index contributed by atoms with van der Waals surface area (Å²) in [5.74, 6) is -6.20. The molecule has 1 atom stereocenters. The molecule has 0 aliphatic carbocycles. The summed E-state index contributed by atoms with van der Waals surface area (Å²) in [4.78, 5) is 22.4. The second kappa shape index (κ2) is 6.27. The molecule has 0 unspecified atom stereocenters. The molecule has 0 radical (unpaired) electrons. The molecule has 1 rings (SSSR count). The van der Waals surface area contributed by atoms with E-state index in [1.165, 1.54) is 0 Å². The number of hydrogen-bond donors (Lipinski definition) is 3. The quantitative estimate of drug-likeness (QED) is 0.745. The molecule has 0 aromatic heterocycles. The van der Waals surface area contributed by atoms with Gasteiger partial charge >= 0.3 is 12.0 Å². The van der Waals surface area contributed by atoms with Crippen LogP contribution in [0.3, 0.4) is 0 Å². The second-order valence-corrected chi connectivity index (χ2v) is 4.41. The number of anilines is 1. The van der Waals surface area contributed by atoms with E-state index in [1.54, 1.807) is 13.8 Å². The van der Waals surface area contributed by atoms with Gasteiger partial charge in [-0.3, -0.25) is 0 Å². The second-order valence-electron chi connectivity index (χ2n) is 4.41. The zero-order chi connectivity index (χ0) is 15.4. The monoisotopic (exact) mass is 290 g/mol. The summed E-state index contributed by atoms with van der Waals surface area (Å²) in [6.45, 7) is 3.16. The Bertz CT molecular complexity index is 512. The van der Waals surface area contributed by atoms with Crippen molar-refractivity contribution in [3.63, 3.8) is 0 Å². The van der Waals surface area contributed by atoms with Crippen molar-refractivity contribution in [3.05, 3.63) is 29.6 Å². The molecule has 0 fully saturated rings. The van der Waals surface area contributed by atoms with E-state index in [2.05, 4.69) is 5.32 Å². The van der Waals surface area contributed by atoms with Gasteiger partial charge in [0.1, 0.15) is 6.04 Å². The van der Waals surface area contributed by atoms with Crippen LogP contribution in [0.1, 0.15) is 13.8 Å². The molecule has 1 aromatic rings. The van der Waals surface area contributed by atoms with Crippen molar-refractivity contribution in [3.8, 4) is 0 Å². The molecular weight excluding hydrogens is 277 g/mol. The van der Waals surface area contributed by atoms with Crippen molar-refractivity contribution in [1.29, 1.82) is 0 Å². The molecule has 0 bridgehead atoms. The topological polar surface area (TPSA) is 78.4 Å². The summed E-state index contributed by atoms with van der Waals surface area (Å²) in [5.41, 5.74) is -0.327. The molecule has 5 nitrogen and oxygen atoms in total. The normalized spacial score (nSPS) is 12.1. The summed E-state index contributed by atoms with van der Waals surface area (Å²) < 4.78 is 38.6. The third kappa shape index (κ3) is 3.87. The molecule has 3 N–H and O–H groups in total. The van der Waals surface area contributed by atoms with Crippen LogP contribution in [0.5, 0.6) is 0 Å². The van der Waals surface area contributed by atoms with Crippen molar-refractivity contribution < 1.29 is 27.9 Å². The maximum atomic E-state index is 12.9. The van der Waals surface area contributed by atoms with Crippen molar-refractivity contribution in [2.75, 3.05) is 5.32 Å². The molecule has 1 aromatic carbocycles.